The molecule has 0 N–H and O–H groups in total. The quantitative estimate of drug-likeness (QED) is 0.786. The molecule has 3 rings (SSSR count). The molecule has 96 valence electrons. The van der Waals surface area contributed by atoms with Crippen LogP contribution in [0.4, 0.5) is 0 Å². The molecule has 0 unspecified atom stereocenters. The Labute approximate surface area is 114 Å². The summed E-state index contributed by atoms with van der Waals surface area (Å²) in [6.07, 6.45) is 2.31. The van der Waals surface area contributed by atoms with E-state index in [4.69, 9.17) is 4.74 Å². The minimum absolute atomic E-state index is 0.166. The Balaban J connectivity index is 1.85. The van der Waals surface area contributed by atoms with Gasteiger partial charge in [-0.25, -0.2) is 4.79 Å². The highest BCUT2D eigenvalue weighted by molar-refractivity contribution is 7.11. The van der Waals surface area contributed by atoms with Crippen LogP contribution in [-0.2, 0) is 6.42 Å². The molecule has 1 heterocycles. The van der Waals surface area contributed by atoms with Gasteiger partial charge in [0, 0.05) is 12.0 Å². The van der Waals surface area contributed by atoms with Gasteiger partial charge in [0.15, 0.2) is 10.8 Å². The van der Waals surface area contributed by atoms with Crippen molar-refractivity contribution in [2.24, 2.45) is 0 Å². The van der Waals surface area contributed by atoms with Gasteiger partial charge in [0.2, 0.25) is 0 Å². The molecule has 4 heteroatoms. The van der Waals surface area contributed by atoms with E-state index in [1.54, 1.807) is 24.3 Å². The van der Waals surface area contributed by atoms with Gasteiger partial charge in [-0.05, 0) is 48.1 Å². The Morgan fingerprint density at radius 1 is 1.21 bits per heavy atom. The highest BCUT2D eigenvalue weighted by atomic mass is 32.1. The van der Waals surface area contributed by atoms with E-state index in [0.717, 1.165) is 24.0 Å². The smallest absolute Gasteiger partial charge is 0.344 e. The maximum absolute atomic E-state index is 12.0. The largest absolute Gasteiger partial charge is 0.412 e. The number of esters is 1. The highest BCUT2D eigenvalue weighted by Gasteiger charge is 2.19. The molecular weight excluding hydrogens is 260 g/mol. The monoisotopic (exact) mass is 272 g/mol. The number of ketones is 1. The lowest BCUT2D eigenvalue weighted by molar-refractivity contribution is 0.0739. The molecule has 0 radical (unpaired) electrons. The summed E-state index contributed by atoms with van der Waals surface area (Å²) in [6.45, 7) is 0. The van der Waals surface area contributed by atoms with Crippen LogP contribution in [0, 0.1) is 0 Å². The normalized spacial score (nSPS) is 14.0. The van der Waals surface area contributed by atoms with Crippen LogP contribution in [0.1, 0.15) is 39.1 Å². The Morgan fingerprint density at radius 3 is 2.89 bits per heavy atom. The number of hydrogen-bond donors (Lipinski definition) is 0. The van der Waals surface area contributed by atoms with Gasteiger partial charge in [0.05, 0.1) is 5.56 Å². The van der Waals surface area contributed by atoms with Crippen LogP contribution in [0.5, 0.6) is 5.06 Å². The number of benzene rings is 1. The Bertz CT molecular complexity index is 629. The summed E-state index contributed by atoms with van der Waals surface area (Å²) in [6, 6.07) is 8.77. The molecule has 1 aromatic carbocycles. The number of thiophene rings is 1. The first kappa shape index (κ1) is 12.1. The average Bonchev–Trinajstić information content (AvgIpc) is 2.91. The Hall–Kier alpha value is -1.94. The van der Waals surface area contributed by atoms with Gasteiger partial charge in [-0.3, -0.25) is 4.79 Å². The van der Waals surface area contributed by atoms with Crippen LogP contribution in [-0.4, -0.2) is 11.8 Å². The van der Waals surface area contributed by atoms with E-state index in [2.05, 4.69) is 0 Å². The maximum Gasteiger partial charge on any atom is 0.344 e. The highest BCUT2D eigenvalue weighted by Crippen LogP contribution is 2.24. The number of Topliss-reactive ketones (excluding diaryl/α,β-unsaturated/α-hetero) is 1. The number of ether oxygens (including phenoxy) is 1. The molecule has 19 heavy (non-hydrogen) atoms. The summed E-state index contributed by atoms with van der Waals surface area (Å²) in [5.74, 6) is -0.206. The third-order valence-electron chi connectivity index (χ3n) is 3.18. The average molecular weight is 272 g/mol. The molecule has 1 aliphatic carbocycles. The van der Waals surface area contributed by atoms with Crippen LogP contribution in [0.15, 0.2) is 35.7 Å². The van der Waals surface area contributed by atoms with E-state index in [1.165, 1.54) is 11.3 Å². The fraction of sp³-hybridized carbons (Fsp3) is 0.200. The predicted molar refractivity (Wildman–Crippen MR) is 73.0 cm³/mol. The molecule has 0 atom stereocenters. The van der Waals surface area contributed by atoms with Crippen molar-refractivity contribution in [3.63, 3.8) is 0 Å². The van der Waals surface area contributed by atoms with E-state index >= 15 is 0 Å². The van der Waals surface area contributed by atoms with E-state index < -0.39 is 0 Å². The first-order chi connectivity index (χ1) is 9.24. The molecule has 3 nitrogen and oxygen atoms in total. The van der Waals surface area contributed by atoms with Crippen molar-refractivity contribution < 1.29 is 14.3 Å². The summed E-state index contributed by atoms with van der Waals surface area (Å²) in [7, 11) is 0. The lowest BCUT2D eigenvalue weighted by atomic mass is 9.89. The lowest BCUT2D eigenvalue weighted by Gasteiger charge is -2.15. The van der Waals surface area contributed by atoms with Crippen LogP contribution in [0.3, 0.4) is 0 Å². The van der Waals surface area contributed by atoms with E-state index in [9.17, 15) is 9.59 Å². The Morgan fingerprint density at radius 2 is 2.11 bits per heavy atom. The zero-order valence-electron chi connectivity index (χ0n) is 10.2. The molecule has 1 aromatic heterocycles. The minimum Gasteiger partial charge on any atom is -0.412 e. The van der Waals surface area contributed by atoms with Crippen LogP contribution >= 0.6 is 11.3 Å². The van der Waals surface area contributed by atoms with Gasteiger partial charge < -0.3 is 4.74 Å². The SMILES string of the molecule is O=C(Oc1cccs1)c1ccc2c(c1)CCCC2=O. The number of hydrogen-bond acceptors (Lipinski definition) is 4. The lowest BCUT2D eigenvalue weighted by Crippen LogP contribution is -2.14. The van der Waals surface area contributed by atoms with Crippen molar-refractivity contribution in [1.29, 1.82) is 0 Å². The summed E-state index contributed by atoms with van der Waals surface area (Å²) >= 11 is 1.38. The van der Waals surface area contributed by atoms with Crippen LogP contribution in [0.25, 0.3) is 0 Å². The van der Waals surface area contributed by atoms with E-state index in [-0.39, 0.29) is 11.8 Å². The second-order valence-electron chi connectivity index (χ2n) is 4.47. The van der Waals surface area contributed by atoms with Gasteiger partial charge in [-0.15, -0.1) is 11.3 Å². The van der Waals surface area contributed by atoms with Crippen molar-refractivity contribution in [2.75, 3.05) is 0 Å². The molecular formula is C15H12O3S. The third-order valence-corrected chi connectivity index (χ3v) is 3.92. The number of carbonyl (C=O) groups is 2. The fourth-order valence-corrected chi connectivity index (χ4v) is 2.82. The summed E-state index contributed by atoms with van der Waals surface area (Å²) in [4.78, 5) is 23.7. The van der Waals surface area contributed by atoms with Gasteiger partial charge in [0.25, 0.3) is 0 Å². The Kier molecular flexibility index (Phi) is 3.17. The summed E-state index contributed by atoms with van der Waals surface area (Å²) < 4.78 is 5.25. The van der Waals surface area contributed by atoms with Gasteiger partial charge >= 0.3 is 5.97 Å². The minimum atomic E-state index is -0.372. The van der Waals surface area contributed by atoms with Crippen molar-refractivity contribution in [3.8, 4) is 5.06 Å². The maximum atomic E-state index is 12.0. The number of rotatable bonds is 2. The second-order valence-corrected chi connectivity index (χ2v) is 5.38. The zero-order chi connectivity index (χ0) is 13.2. The second kappa shape index (κ2) is 4.97. The zero-order valence-corrected chi connectivity index (χ0v) is 11.0. The van der Waals surface area contributed by atoms with Crippen molar-refractivity contribution in [1.82, 2.24) is 0 Å². The standard InChI is InChI=1S/C15H12O3S/c16-13-4-1-3-10-9-11(6-7-12(10)13)15(17)18-14-5-2-8-19-14/h2,5-9H,1,3-4H2. The molecule has 2 aromatic rings. The molecule has 0 fully saturated rings. The first-order valence-electron chi connectivity index (χ1n) is 6.16. The van der Waals surface area contributed by atoms with Crippen molar-refractivity contribution in [3.05, 3.63) is 52.4 Å². The van der Waals surface area contributed by atoms with Gasteiger partial charge in [0.1, 0.15) is 0 Å². The summed E-state index contributed by atoms with van der Waals surface area (Å²) in [5.41, 5.74) is 2.21. The van der Waals surface area contributed by atoms with Crippen LogP contribution < -0.4 is 4.74 Å². The number of fused-ring (bicyclic) bond motifs is 1. The van der Waals surface area contributed by atoms with Crippen molar-refractivity contribution in [2.45, 2.75) is 19.3 Å². The molecule has 0 spiro atoms. The van der Waals surface area contributed by atoms with Gasteiger partial charge in [-0.2, -0.15) is 0 Å². The topological polar surface area (TPSA) is 43.4 Å². The predicted octanol–water partition coefficient (Wildman–Crippen LogP) is 3.49. The first-order valence-corrected chi connectivity index (χ1v) is 7.04. The molecule has 0 amide bonds. The molecule has 0 aliphatic heterocycles. The van der Waals surface area contributed by atoms with E-state index in [0.29, 0.717) is 17.0 Å². The molecule has 1 aliphatic rings. The van der Waals surface area contributed by atoms with Crippen LogP contribution in [0.2, 0.25) is 0 Å². The van der Waals surface area contributed by atoms with Crippen molar-refractivity contribution >= 4 is 23.1 Å². The molecule has 0 saturated carbocycles. The number of carbonyl (C=O) groups excluding carboxylic acids is 2. The molecule has 0 bridgehead atoms. The fourth-order valence-electron chi connectivity index (χ4n) is 2.25. The summed E-state index contributed by atoms with van der Waals surface area (Å²) in [5, 5.41) is 2.44. The van der Waals surface area contributed by atoms with Gasteiger partial charge in [-0.1, -0.05) is 6.07 Å². The van der Waals surface area contributed by atoms with E-state index in [1.807, 2.05) is 11.4 Å². The molecule has 0 saturated heterocycles. The number of aryl methyl sites for hydroxylation is 1. The third kappa shape index (κ3) is 2.44.